The molecular weight excluding hydrogens is 424 g/mol. The van der Waals surface area contributed by atoms with E-state index in [2.05, 4.69) is 39.9 Å². The Kier molecular flexibility index (Phi) is 7.24. The Balaban J connectivity index is 1.53. The zero-order valence-electron chi connectivity index (χ0n) is 22.5. The highest BCUT2D eigenvalue weighted by Crippen LogP contribution is 2.68. The van der Waals surface area contributed by atoms with Gasteiger partial charge in [-0.3, -0.25) is 14.9 Å². The lowest BCUT2D eigenvalue weighted by atomic mass is 9.44. The van der Waals surface area contributed by atoms with Crippen LogP contribution in [0.15, 0.2) is 11.4 Å². The molecule has 0 spiro atoms. The van der Waals surface area contributed by atoms with Gasteiger partial charge >= 0.3 is 0 Å². The molecule has 0 aromatic rings. The number of hydrogen-bond acceptors (Lipinski definition) is 3. The van der Waals surface area contributed by atoms with Crippen LogP contribution < -0.4 is 5.32 Å². The molecule has 3 saturated carbocycles. The van der Waals surface area contributed by atoms with Crippen LogP contribution >= 0.6 is 0 Å². The smallest absolute Gasteiger partial charge is 0.265 e. The lowest BCUT2D eigenvalue weighted by molar-refractivity contribution is -0.434. The molecule has 0 aromatic heterocycles. The summed E-state index contributed by atoms with van der Waals surface area (Å²) in [6.07, 6.45) is 12.9. The van der Waals surface area contributed by atoms with Crippen LogP contribution in [0.4, 0.5) is 0 Å². The molecule has 3 fully saturated rings. The fourth-order valence-corrected chi connectivity index (χ4v) is 9.51. The van der Waals surface area contributed by atoms with Crippen LogP contribution in [0.2, 0.25) is 0 Å². The number of rotatable bonds is 7. The maximum absolute atomic E-state index is 12.0. The van der Waals surface area contributed by atoms with E-state index in [0.717, 1.165) is 30.1 Å². The molecule has 0 aliphatic heterocycles. The third-order valence-corrected chi connectivity index (χ3v) is 11.2. The van der Waals surface area contributed by atoms with Crippen molar-refractivity contribution in [1.82, 2.24) is 5.32 Å². The summed E-state index contributed by atoms with van der Waals surface area (Å²) in [6, 6.07) is 0. The van der Waals surface area contributed by atoms with Crippen molar-refractivity contribution in [2.75, 3.05) is 0 Å². The number of nitrogens with zero attached hydrogens (tertiary/aromatic N) is 1. The molecule has 5 nitrogen and oxygen atoms in total. The Morgan fingerprint density at radius 2 is 1.76 bits per heavy atom. The molecule has 5 heteroatoms. The molecule has 192 valence electrons. The summed E-state index contributed by atoms with van der Waals surface area (Å²) in [4.78, 5) is 23.5. The molecule has 4 aliphatic rings. The van der Waals surface area contributed by atoms with Crippen LogP contribution in [-0.4, -0.2) is 10.8 Å². The van der Waals surface area contributed by atoms with Gasteiger partial charge in [0.25, 0.3) is 5.70 Å². The Morgan fingerprint density at radius 1 is 1.06 bits per heavy atom. The summed E-state index contributed by atoms with van der Waals surface area (Å²) < 4.78 is 0. The molecule has 4 aliphatic carbocycles. The van der Waals surface area contributed by atoms with Gasteiger partial charge in [0.1, 0.15) is 0 Å². The lowest BCUT2D eigenvalue weighted by Crippen LogP contribution is -2.54. The van der Waals surface area contributed by atoms with E-state index in [4.69, 9.17) is 0 Å². The normalized spacial score (nSPS) is 40.4. The highest BCUT2D eigenvalue weighted by molar-refractivity contribution is 5.75. The third-order valence-electron chi connectivity index (χ3n) is 11.2. The second-order valence-electron chi connectivity index (χ2n) is 13.4. The minimum absolute atomic E-state index is 0.0183. The van der Waals surface area contributed by atoms with Crippen LogP contribution in [0.1, 0.15) is 112 Å². The largest absolute Gasteiger partial charge is 0.324 e. The zero-order valence-corrected chi connectivity index (χ0v) is 22.5. The minimum atomic E-state index is -0.215. The first-order valence-corrected chi connectivity index (χ1v) is 14.1. The van der Waals surface area contributed by atoms with Gasteiger partial charge in [0.05, 0.1) is 10.6 Å². The summed E-state index contributed by atoms with van der Waals surface area (Å²) in [7, 11) is 0. The number of fused-ring (bicyclic) bond motifs is 5. The van der Waals surface area contributed by atoms with Crippen LogP contribution in [-0.2, 0) is 4.79 Å². The van der Waals surface area contributed by atoms with Crippen LogP contribution in [0.25, 0.3) is 0 Å². The molecule has 0 bridgehead atoms. The summed E-state index contributed by atoms with van der Waals surface area (Å²) >= 11 is 0. The third kappa shape index (κ3) is 4.46. The molecule has 1 amide bonds. The van der Waals surface area contributed by atoms with E-state index < -0.39 is 0 Å². The van der Waals surface area contributed by atoms with Crippen molar-refractivity contribution in [1.29, 1.82) is 0 Å². The number of hydrogen-bond donors (Lipinski definition) is 1. The molecule has 34 heavy (non-hydrogen) atoms. The van der Waals surface area contributed by atoms with Gasteiger partial charge in [-0.1, -0.05) is 53.9 Å². The van der Waals surface area contributed by atoms with Gasteiger partial charge in [0, 0.05) is 13.3 Å². The number of carbonyl (C=O) groups is 1. The van der Waals surface area contributed by atoms with Crippen LogP contribution in [0.3, 0.4) is 0 Å². The van der Waals surface area contributed by atoms with E-state index in [-0.39, 0.29) is 21.9 Å². The molecular formula is C29H48N2O3. The number of allylic oxidation sites excluding steroid dienone is 2. The Hall–Kier alpha value is -1.39. The van der Waals surface area contributed by atoms with Crippen molar-refractivity contribution in [2.24, 2.45) is 52.3 Å². The van der Waals surface area contributed by atoms with Gasteiger partial charge in [0.2, 0.25) is 5.91 Å². The van der Waals surface area contributed by atoms with E-state index >= 15 is 0 Å². The Labute approximate surface area is 207 Å². The number of carbonyl (C=O) groups excluding carboxylic acids is 1. The second-order valence-corrected chi connectivity index (χ2v) is 13.4. The van der Waals surface area contributed by atoms with Gasteiger partial charge in [-0.25, -0.2) is 0 Å². The molecule has 1 N–H and O–H groups in total. The summed E-state index contributed by atoms with van der Waals surface area (Å²) in [5.74, 6) is 4.75. The first-order valence-electron chi connectivity index (χ1n) is 14.1. The number of nitrogens with one attached hydrogen (secondary N) is 1. The molecule has 4 rings (SSSR count). The van der Waals surface area contributed by atoms with Crippen molar-refractivity contribution < 1.29 is 9.72 Å². The summed E-state index contributed by atoms with van der Waals surface area (Å²) in [5, 5.41) is 14.8. The fraction of sp³-hybridized carbons (Fsp3) is 0.897. The highest BCUT2D eigenvalue weighted by atomic mass is 16.6. The van der Waals surface area contributed by atoms with Gasteiger partial charge in [0.15, 0.2) is 0 Å². The first-order chi connectivity index (χ1) is 16.0. The Bertz CT molecular complexity index is 835. The zero-order chi connectivity index (χ0) is 24.8. The number of nitro groups is 1. The second kappa shape index (κ2) is 9.58. The topological polar surface area (TPSA) is 72.2 Å². The summed E-state index contributed by atoms with van der Waals surface area (Å²) in [5.41, 5.74) is 1.27. The van der Waals surface area contributed by atoms with Gasteiger partial charge in [-0.2, -0.15) is 0 Å². The van der Waals surface area contributed by atoms with E-state index in [9.17, 15) is 14.9 Å². The Morgan fingerprint density at radius 3 is 2.41 bits per heavy atom. The standard InChI is InChI=1S/C29H48N2O3/c1-18(2)8-7-9-19(3)23-12-13-24-22-11-10-21-16-26(30-20(4)32)27(31(33)34)17-29(21,6)25(22)14-15-28(23,24)5/h18-19,21-25H,7-17H2,1-6H3,(H,30,32)/t19-,21?,22+,23-,24+,25+,28-,29+/m1/s1. The monoisotopic (exact) mass is 472 g/mol. The number of amides is 1. The minimum Gasteiger partial charge on any atom is -0.324 e. The predicted octanol–water partition coefficient (Wildman–Crippen LogP) is 7.34. The molecule has 0 aromatic carbocycles. The van der Waals surface area contributed by atoms with E-state index in [1.54, 1.807) is 0 Å². The first kappa shape index (κ1) is 25.7. The van der Waals surface area contributed by atoms with Crippen molar-refractivity contribution in [3.8, 4) is 0 Å². The van der Waals surface area contributed by atoms with Gasteiger partial charge < -0.3 is 5.32 Å². The molecule has 1 unspecified atom stereocenters. The van der Waals surface area contributed by atoms with Gasteiger partial charge in [-0.15, -0.1) is 0 Å². The predicted molar refractivity (Wildman–Crippen MR) is 136 cm³/mol. The molecule has 0 heterocycles. The van der Waals surface area contributed by atoms with Crippen molar-refractivity contribution in [2.45, 2.75) is 112 Å². The molecule has 0 radical (unpaired) electrons. The lowest BCUT2D eigenvalue weighted by Gasteiger charge is -2.60. The maximum atomic E-state index is 12.0. The van der Waals surface area contributed by atoms with E-state index in [1.165, 1.54) is 58.3 Å². The molecule has 8 atom stereocenters. The highest BCUT2D eigenvalue weighted by Gasteiger charge is 2.61. The molecule has 0 saturated heterocycles. The van der Waals surface area contributed by atoms with Gasteiger partial charge in [-0.05, 0) is 97.2 Å². The van der Waals surface area contributed by atoms with Crippen molar-refractivity contribution >= 4 is 5.91 Å². The quantitative estimate of drug-likeness (QED) is 0.311. The fourth-order valence-electron chi connectivity index (χ4n) is 9.51. The average molecular weight is 473 g/mol. The van der Waals surface area contributed by atoms with E-state index in [1.807, 2.05) is 0 Å². The van der Waals surface area contributed by atoms with Crippen molar-refractivity contribution in [3.63, 3.8) is 0 Å². The summed E-state index contributed by atoms with van der Waals surface area (Å²) in [6.45, 7) is 13.6. The maximum Gasteiger partial charge on any atom is 0.265 e. The van der Waals surface area contributed by atoms with Crippen LogP contribution in [0.5, 0.6) is 0 Å². The van der Waals surface area contributed by atoms with E-state index in [0.29, 0.717) is 41.7 Å². The SMILES string of the molecule is CC(=O)NC1=C([N+](=O)[O-])C[C@@]2(C)C(CC[C@H]3[C@@H]4CC[C@H]([C@H](C)CCCC(C)C)[C@@]4(C)CC[C@@H]32)C1. The van der Waals surface area contributed by atoms with Crippen LogP contribution in [0, 0.1) is 62.4 Å². The average Bonchev–Trinajstić information content (AvgIpc) is 3.10. The van der Waals surface area contributed by atoms with Crippen molar-refractivity contribution in [3.05, 3.63) is 21.5 Å².